The summed E-state index contributed by atoms with van der Waals surface area (Å²) in [5.74, 6) is 0.854. The molecule has 1 saturated carbocycles. The fourth-order valence-electron chi connectivity index (χ4n) is 2.77. The van der Waals surface area contributed by atoms with E-state index in [0.717, 1.165) is 12.3 Å². The summed E-state index contributed by atoms with van der Waals surface area (Å²) in [4.78, 5) is 0. The standard InChI is InChI=1S/C16H23/c1-2-3-4-8-14-9-7-12-16(13-14)15-10-5-6-11-15/h7,9,12-13,15H,1-6,8,10-11H2. The van der Waals surface area contributed by atoms with Crippen molar-refractivity contribution in [2.75, 3.05) is 0 Å². The van der Waals surface area contributed by atoms with Crippen molar-refractivity contribution in [1.29, 1.82) is 0 Å². The Balaban J connectivity index is 1.95. The Morgan fingerprint density at radius 2 is 1.94 bits per heavy atom. The molecule has 0 spiro atoms. The van der Waals surface area contributed by atoms with Gasteiger partial charge in [0.2, 0.25) is 0 Å². The van der Waals surface area contributed by atoms with E-state index in [9.17, 15) is 0 Å². The van der Waals surface area contributed by atoms with E-state index in [-0.39, 0.29) is 0 Å². The van der Waals surface area contributed by atoms with Crippen LogP contribution in [0.3, 0.4) is 0 Å². The SMILES string of the molecule is [CH2]CCCCc1cccc(C2CCCC2)c1. The van der Waals surface area contributed by atoms with Crippen LogP contribution in [0.1, 0.15) is 62.0 Å². The maximum Gasteiger partial charge on any atom is -0.0162 e. The molecule has 87 valence electrons. The Morgan fingerprint density at radius 1 is 1.12 bits per heavy atom. The van der Waals surface area contributed by atoms with Gasteiger partial charge >= 0.3 is 0 Å². The fraction of sp³-hybridized carbons (Fsp3) is 0.562. The molecule has 0 saturated heterocycles. The van der Waals surface area contributed by atoms with Crippen LogP contribution in [0.2, 0.25) is 0 Å². The van der Waals surface area contributed by atoms with Crippen LogP contribution < -0.4 is 0 Å². The second-order valence-corrected chi connectivity index (χ2v) is 5.04. The Hall–Kier alpha value is -0.780. The first-order valence-electron chi connectivity index (χ1n) is 6.78. The van der Waals surface area contributed by atoms with Crippen molar-refractivity contribution in [3.05, 3.63) is 42.3 Å². The molecular formula is C16H23. The molecule has 1 aliphatic rings. The molecule has 0 bridgehead atoms. The van der Waals surface area contributed by atoms with E-state index in [1.807, 2.05) is 0 Å². The van der Waals surface area contributed by atoms with Gasteiger partial charge in [-0.3, -0.25) is 0 Å². The molecule has 16 heavy (non-hydrogen) atoms. The van der Waals surface area contributed by atoms with Gasteiger partial charge in [-0.05, 0) is 42.7 Å². The minimum Gasteiger partial charge on any atom is -0.0617 e. The summed E-state index contributed by atoms with van der Waals surface area (Å²) in [5, 5.41) is 0. The zero-order valence-corrected chi connectivity index (χ0v) is 10.3. The number of hydrogen-bond acceptors (Lipinski definition) is 0. The molecule has 0 unspecified atom stereocenters. The minimum atomic E-state index is 0.854. The van der Waals surface area contributed by atoms with Crippen LogP contribution in [0.15, 0.2) is 24.3 Å². The molecule has 0 aliphatic heterocycles. The largest absolute Gasteiger partial charge is 0.0617 e. The van der Waals surface area contributed by atoms with Crippen molar-refractivity contribution >= 4 is 0 Å². The summed E-state index contributed by atoms with van der Waals surface area (Å²) >= 11 is 0. The van der Waals surface area contributed by atoms with Crippen LogP contribution in [-0.4, -0.2) is 0 Å². The third-order valence-electron chi connectivity index (χ3n) is 3.74. The van der Waals surface area contributed by atoms with Crippen LogP contribution >= 0.6 is 0 Å². The van der Waals surface area contributed by atoms with E-state index in [1.54, 1.807) is 5.56 Å². The highest BCUT2D eigenvalue weighted by Crippen LogP contribution is 2.34. The van der Waals surface area contributed by atoms with E-state index in [1.165, 1.54) is 50.5 Å². The van der Waals surface area contributed by atoms with E-state index in [2.05, 4.69) is 31.2 Å². The number of aryl methyl sites for hydroxylation is 1. The molecule has 0 amide bonds. The van der Waals surface area contributed by atoms with Gasteiger partial charge in [-0.25, -0.2) is 0 Å². The molecule has 1 aromatic carbocycles. The van der Waals surface area contributed by atoms with Crippen molar-refractivity contribution in [3.8, 4) is 0 Å². The van der Waals surface area contributed by atoms with Crippen molar-refractivity contribution in [3.63, 3.8) is 0 Å². The van der Waals surface area contributed by atoms with Gasteiger partial charge in [0.15, 0.2) is 0 Å². The van der Waals surface area contributed by atoms with Crippen LogP contribution in [0, 0.1) is 6.92 Å². The van der Waals surface area contributed by atoms with Crippen molar-refractivity contribution in [1.82, 2.24) is 0 Å². The van der Waals surface area contributed by atoms with E-state index in [4.69, 9.17) is 0 Å². The Bertz CT molecular complexity index is 308. The van der Waals surface area contributed by atoms with E-state index >= 15 is 0 Å². The number of unbranched alkanes of at least 4 members (excludes halogenated alkanes) is 2. The molecule has 1 radical (unpaired) electrons. The van der Waals surface area contributed by atoms with Gasteiger partial charge in [0.05, 0.1) is 0 Å². The molecule has 0 N–H and O–H groups in total. The van der Waals surface area contributed by atoms with Crippen LogP contribution in [-0.2, 0) is 6.42 Å². The molecule has 1 fully saturated rings. The molecule has 0 heterocycles. The van der Waals surface area contributed by atoms with Gasteiger partial charge in [0.25, 0.3) is 0 Å². The highest BCUT2D eigenvalue weighted by Gasteiger charge is 2.16. The smallest absolute Gasteiger partial charge is 0.0162 e. The fourth-order valence-corrected chi connectivity index (χ4v) is 2.77. The maximum absolute atomic E-state index is 3.90. The highest BCUT2D eigenvalue weighted by atomic mass is 14.2. The third-order valence-corrected chi connectivity index (χ3v) is 3.74. The summed E-state index contributed by atoms with van der Waals surface area (Å²) in [6.07, 6.45) is 10.5. The topological polar surface area (TPSA) is 0 Å². The molecule has 0 nitrogen and oxygen atoms in total. The predicted octanol–water partition coefficient (Wildman–Crippen LogP) is 4.89. The highest BCUT2D eigenvalue weighted by molar-refractivity contribution is 5.27. The Kier molecular flexibility index (Phi) is 4.44. The van der Waals surface area contributed by atoms with Crippen molar-refractivity contribution < 1.29 is 0 Å². The lowest BCUT2D eigenvalue weighted by atomic mass is 9.95. The van der Waals surface area contributed by atoms with Crippen LogP contribution in [0.5, 0.6) is 0 Å². The lowest BCUT2D eigenvalue weighted by Gasteiger charge is -2.11. The lowest BCUT2D eigenvalue weighted by molar-refractivity contribution is 0.715. The predicted molar refractivity (Wildman–Crippen MR) is 70.6 cm³/mol. The molecule has 0 aromatic heterocycles. The zero-order chi connectivity index (χ0) is 11.2. The first kappa shape index (κ1) is 11.7. The summed E-state index contributed by atoms with van der Waals surface area (Å²) in [6.45, 7) is 3.90. The molecule has 1 aliphatic carbocycles. The second kappa shape index (κ2) is 6.08. The van der Waals surface area contributed by atoms with Gasteiger partial charge < -0.3 is 0 Å². The summed E-state index contributed by atoms with van der Waals surface area (Å²) in [7, 11) is 0. The quantitative estimate of drug-likeness (QED) is 0.613. The lowest BCUT2D eigenvalue weighted by Crippen LogP contribution is -1.94. The number of rotatable bonds is 5. The Morgan fingerprint density at radius 3 is 2.69 bits per heavy atom. The molecule has 1 aromatic rings. The zero-order valence-electron chi connectivity index (χ0n) is 10.3. The van der Waals surface area contributed by atoms with Crippen LogP contribution in [0.25, 0.3) is 0 Å². The van der Waals surface area contributed by atoms with Gasteiger partial charge in [0.1, 0.15) is 0 Å². The first-order valence-corrected chi connectivity index (χ1v) is 6.78. The minimum absolute atomic E-state index is 0.854. The molecule has 2 rings (SSSR count). The third kappa shape index (κ3) is 3.10. The Labute approximate surface area is 100 Å². The van der Waals surface area contributed by atoms with E-state index < -0.39 is 0 Å². The monoisotopic (exact) mass is 215 g/mol. The maximum atomic E-state index is 3.90. The summed E-state index contributed by atoms with van der Waals surface area (Å²) in [6, 6.07) is 9.29. The molecular weight excluding hydrogens is 192 g/mol. The number of hydrogen-bond donors (Lipinski definition) is 0. The van der Waals surface area contributed by atoms with Crippen molar-refractivity contribution in [2.45, 2.75) is 57.3 Å². The first-order chi connectivity index (χ1) is 7.90. The van der Waals surface area contributed by atoms with Crippen molar-refractivity contribution in [2.24, 2.45) is 0 Å². The van der Waals surface area contributed by atoms with Gasteiger partial charge in [0, 0.05) is 0 Å². The van der Waals surface area contributed by atoms with Gasteiger partial charge in [-0.2, -0.15) is 0 Å². The summed E-state index contributed by atoms with van der Waals surface area (Å²) < 4.78 is 0. The van der Waals surface area contributed by atoms with Crippen LogP contribution in [0.4, 0.5) is 0 Å². The van der Waals surface area contributed by atoms with Gasteiger partial charge in [-0.1, -0.05) is 56.9 Å². The average molecular weight is 215 g/mol. The number of benzene rings is 1. The summed E-state index contributed by atoms with van der Waals surface area (Å²) in [5.41, 5.74) is 3.11. The normalized spacial score (nSPS) is 16.8. The van der Waals surface area contributed by atoms with Gasteiger partial charge in [-0.15, -0.1) is 0 Å². The second-order valence-electron chi connectivity index (χ2n) is 5.04. The average Bonchev–Trinajstić information content (AvgIpc) is 2.83. The van der Waals surface area contributed by atoms with E-state index in [0.29, 0.717) is 0 Å². The molecule has 0 atom stereocenters. The molecule has 0 heteroatoms.